The predicted molar refractivity (Wildman–Crippen MR) is 57.2 cm³/mol. The normalized spacial score (nSPS) is 34.7. The second kappa shape index (κ2) is 4.33. The van der Waals surface area contributed by atoms with Crippen molar-refractivity contribution in [2.75, 3.05) is 20.3 Å². The average Bonchev–Trinajstić information content (AvgIpc) is 2.85. The summed E-state index contributed by atoms with van der Waals surface area (Å²) >= 11 is 0. The Labute approximate surface area is 90.1 Å². The van der Waals surface area contributed by atoms with Gasteiger partial charge in [0.05, 0.1) is 18.6 Å². The van der Waals surface area contributed by atoms with Crippen LogP contribution >= 0.6 is 0 Å². The van der Waals surface area contributed by atoms with Gasteiger partial charge in [-0.2, -0.15) is 0 Å². The second-order valence-electron chi connectivity index (χ2n) is 4.36. The van der Waals surface area contributed by atoms with Crippen molar-refractivity contribution >= 4 is 5.91 Å². The van der Waals surface area contributed by atoms with Crippen molar-refractivity contribution in [3.8, 4) is 0 Å². The fourth-order valence-electron chi connectivity index (χ4n) is 2.18. The van der Waals surface area contributed by atoms with Gasteiger partial charge in [-0.3, -0.25) is 4.79 Å². The van der Waals surface area contributed by atoms with Gasteiger partial charge in [-0.1, -0.05) is 12.2 Å². The van der Waals surface area contributed by atoms with E-state index in [-0.39, 0.29) is 23.9 Å². The largest absolute Gasteiger partial charge is 0.379 e. The molecule has 2 N–H and O–H groups in total. The first-order valence-electron chi connectivity index (χ1n) is 5.47. The van der Waals surface area contributed by atoms with Crippen LogP contribution in [0.15, 0.2) is 12.2 Å². The summed E-state index contributed by atoms with van der Waals surface area (Å²) in [5.41, 5.74) is 5.73. The van der Waals surface area contributed by atoms with Gasteiger partial charge in [0.25, 0.3) is 0 Å². The zero-order valence-corrected chi connectivity index (χ0v) is 9.06. The number of likely N-dealkylation sites (N-methyl/N-ethyl adjacent to an activating group) is 1. The Bertz CT molecular complexity index is 272. The summed E-state index contributed by atoms with van der Waals surface area (Å²) in [6.45, 7) is 1.44. The first-order chi connectivity index (χ1) is 7.18. The molecule has 0 spiro atoms. The number of ether oxygens (including phenoxy) is 1. The molecule has 3 unspecified atom stereocenters. The van der Waals surface area contributed by atoms with Gasteiger partial charge in [0.15, 0.2) is 0 Å². The third kappa shape index (κ3) is 2.21. The smallest absolute Gasteiger partial charge is 0.229 e. The van der Waals surface area contributed by atoms with Gasteiger partial charge in [0, 0.05) is 19.7 Å². The SMILES string of the molecule is CN(C(=O)C1C=CC(N)C1)C1CCOC1. The minimum atomic E-state index is -0.0226. The van der Waals surface area contributed by atoms with Gasteiger partial charge in [-0.15, -0.1) is 0 Å². The van der Waals surface area contributed by atoms with Crippen LogP contribution in [0.1, 0.15) is 12.8 Å². The van der Waals surface area contributed by atoms with E-state index in [4.69, 9.17) is 10.5 Å². The lowest BCUT2D eigenvalue weighted by molar-refractivity contribution is -0.134. The molecule has 1 aliphatic carbocycles. The fourth-order valence-corrected chi connectivity index (χ4v) is 2.18. The first kappa shape index (κ1) is 10.6. The molecule has 3 atom stereocenters. The number of carbonyl (C=O) groups is 1. The topological polar surface area (TPSA) is 55.6 Å². The van der Waals surface area contributed by atoms with E-state index in [0.29, 0.717) is 6.61 Å². The maximum Gasteiger partial charge on any atom is 0.229 e. The zero-order chi connectivity index (χ0) is 10.8. The lowest BCUT2D eigenvalue weighted by atomic mass is 10.1. The van der Waals surface area contributed by atoms with E-state index in [2.05, 4.69) is 0 Å². The molecule has 4 nitrogen and oxygen atoms in total. The number of nitrogens with two attached hydrogens (primary N) is 1. The van der Waals surface area contributed by atoms with Crippen LogP contribution in [0.25, 0.3) is 0 Å². The molecule has 0 bridgehead atoms. The Hall–Kier alpha value is -0.870. The number of carbonyl (C=O) groups excluding carboxylic acids is 1. The molecule has 84 valence electrons. The van der Waals surface area contributed by atoms with Crippen molar-refractivity contribution in [1.82, 2.24) is 4.90 Å². The molecular formula is C11H18N2O2. The average molecular weight is 210 g/mol. The number of amides is 1. The Morgan fingerprint density at radius 3 is 2.87 bits per heavy atom. The van der Waals surface area contributed by atoms with Gasteiger partial charge in [0.1, 0.15) is 0 Å². The van der Waals surface area contributed by atoms with E-state index in [1.807, 2.05) is 24.1 Å². The molecule has 1 amide bonds. The highest BCUT2D eigenvalue weighted by Gasteiger charge is 2.30. The molecule has 1 saturated heterocycles. The monoisotopic (exact) mass is 210 g/mol. The molecule has 4 heteroatoms. The summed E-state index contributed by atoms with van der Waals surface area (Å²) in [6.07, 6.45) is 5.54. The fraction of sp³-hybridized carbons (Fsp3) is 0.727. The van der Waals surface area contributed by atoms with Crippen LogP contribution in [0.5, 0.6) is 0 Å². The zero-order valence-electron chi connectivity index (χ0n) is 9.06. The summed E-state index contributed by atoms with van der Waals surface area (Å²) in [5.74, 6) is 0.153. The molecule has 0 saturated carbocycles. The lowest BCUT2D eigenvalue weighted by Gasteiger charge is -2.25. The predicted octanol–water partition coefficient (Wildman–Crippen LogP) is 0.137. The third-order valence-electron chi connectivity index (χ3n) is 3.23. The number of rotatable bonds is 2. The van der Waals surface area contributed by atoms with E-state index in [0.717, 1.165) is 19.4 Å². The Morgan fingerprint density at radius 1 is 1.53 bits per heavy atom. The number of hydrogen-bond donors (Lipinski definition) is 1. The van der Waals surface area contributed by atoms with Crippen LogP contribution in [0.2, 0.25) is 0 Å². The second-order valence-corrected chi connectivity index (χ2v) is 4.36. The van der Waals surface area contributed by atoms with E-state index in [1.165, 1.54) is 0 Å². The molecule has 2 rings (SSSR count). The van der Waals surface area contributed by atoms with Crippen molar-refractivity contribution in [2.24, 2.45) is 11.7 Å². The lowest BCUT2D eigenvalue weighted by Crippen LogP contribution is -2.40. The summed E-state index contributed by atoms with van der Waals surface area (Å²) < 4.78 is 5.28. The van der Waals surface area contributed by atoms with Crippen molar-refractivity contribution in [3.63, 3.8) is 0 Å². The summed E-state index contributed by atoms with van der Waals surface area (Å²) in [5, 5.41) is 0. The van der Waals surface area contributed by atoms with Crippen molar-refractivity contribution in [2.45, 2.75) is 24.9 Å². The summed E-state index contributed by atoms with van der Waals surface area (Å²) in [4.78, 5) is 13.9. The molecule has 0 aromatic heterocycles. The highest BCUT2D eigenvalue weighted by atomic mass is 16.5. The van der Waals surface area contributed by atoms with Crippen molar-refractivity contribution in [3.05, 3.63) is 12.2 Å². The maximum atomic E-state index is 12.0. The van der Waals surface area contributed by atoms with Crippen molar-refractivity contribution in [1.29, 1.82) is 0 Å². The van der Waals surface area contributed by atoms with E-state index < -0.39 is 0 Å². The molecule has 1 fully saturated rings. The van der Waals surface area contributed by atoms with E-state index >= 15 is 0 Å². The standard InChI is InChI=1S/C11H18N2O2/c1-13(10-4-5-15-7-10)11(14)8-2-3-9(12)6-8/h2-3,8-10H,4-7,12H2,1H3. The van der Waals surface area contributed by atoms with Gasteiger partial charge in [-0.25, -0.2) is 0 Å². The molecule has 15 heavy (non-hydrogen) atoms. The first-order valence-corrected chi connectivity index (χ1v) is 5.47. The van der Waals surface area contributed by atoms with Crippen LogP contribution in [-0.4, -0.2) is 43.2 Å². The number of hydrogen-bond acceptors (Lipinski definition) is 3. The van der Waals surface area contributed by atoms with Crippen LogP contribution in [0.4, 0.5) is 0 Å². The summed E-state index contributed by atoms with van der Waals surface area (Å²) in [7, 11) is 1.86. The minimum Gasteiger partial charge on any atom is -0.379 e. The van der Waals surface area contributed by atoms with Crippen LogP contribution in [0.3, 0.4) is 0 Å². The number of nitrogens with zero attached hydrogens (tertiary/aromatic N) is 1. The molecule has 2 aliphatic rings. The van der Waals surface area contributed by atoms with Crippen LogP contribution in [0, 0.1) is 5.92 Å². The molecule has 0 aromatic rings. The maximum absolute atomic E-state index is 12.0. The Balaban J connectivity index is 1.92. The van der Waals surface area contributed by atoms with Crippen LogP contribution in [-0.2, 0) is 9.53 Å². The van der Waals surface area contributed by atoms with Gasteiger partial charge < -0.3 is 15.4 Å². The Kier molecular flexibility index (Phi) is 3.07. The van der Waals surface area contributed by atoms with Gasteiger partial charge in [0.2, 0.25) is 5.91 Å². The summed E-state index contributed by atoms with van der Waals surface area (Å²) in [6, 6.07) is 0.301. The Morgan fingerprint density at radius 2 is 2.33 bits per heavy atom. The van der Waals surface area contributed by atoms with E-state index in [9.17, 15) is 4.79 Å². The molecule has 1 aliphatic heterocycles. The molecule has 0 radical (unpaired) electrons. The van der Waals surface area contributed by atoms with Gasteiger partial charge in [-0.05, 0) is 12.8 Å². The van der Waals surface area contributed by atoms with Crippen molar-refractivity contribution < 1.29 is 9.53 Å². The molecule has 0 aromatic carbocycles. The van der Waals surface area contributed by atoms with Crippen LogP contribution < -0.4 is 5.73 Å². The highest BCUT2D eigenvalue weighted by molar-refractivity contribution is 5.81. The molecule has 1 heterocycles. The quantitative estimate of drug-likeness (QED) is 0.659. The van der Waals surface area contributed by atoms with Gasteiger partial charge >= 0.3 is 0 Å². The molecular weight excluding hydrogens is 192 g/mol. The minimum absolute atomic E-state index is 0.0226. The van der Waals surface area contributed by atoms with E-state index in [1.54, 1.807) is 0 Å². The highest BCUT2D eigenvalue weighted by Crippen LogP contribution is 2.21. The third-order valence-corrected chi connectivity index (χ3v) is 3.23.